The molecule has 0 aromatic heterocycles. The molecule has 0 amide bonds. The van der Waals surface area contributed by atoms with E-state index in [1.54, 1.807) is 0 Å². The van der Waals surface area contributed by atoms with E-state index in [0.717, 1.165) is 96.3 Å². The van der Waals surface area contributed by atoms with Crippen LogP contribution in [-0.2, 0) is 42.9 Å². The number of allylic oxidation sites excluding steroid dienone is 6. The van der Waals surface area contributed by atoms with Gasteiger partial charge in [-0.2, -0.15) is 0 Å². The van der Waals surface area contributed by atoms with Crippen LogP contribution < -0.4 is 0 Å². The van der Waals surface area contributed by atoms with Crippen LogP contribution in [0, 0.1) is 0 Å². The Morgan fingerprint density at radius 2 is 0.800 bits per heavy atom. The van der Waals surface area contributed by atoms with Gasteiger partial charge in [0, 0.05) is 19.3 Å². The lowest BCUT2D eigenvalue weighted by atomic mass is 9.98. The lowest BCUT2D eigenvalue weighted by Crippen LogP contribution is -2.61. The maximum Gasteiger partial charge on any atom is 0.335 e. The number of aliphatic hydroxyl groups excluding tert-OH is 2. The van der Waals surface area contributed by atoms with Gasteiger partial charge < -0.3 is 39.0 Å². The van der Waals surface area contributed by atoms with Gasteiger partial charge in [0.05, 0.1) is 6.61 Å². The summed E-state index contributed by atoms with van der Waals surface area (Å²) in [4.78, 5) is 51.1. The van der Waals surface area contributed by atoms with E-state index in [1.807, 2.05) is 0 Å². The third-order valence-electron chi connectivity index (χ3n) is 14.2. The van der Waals surface area contributed by atoms with Crippen molar-refractivity contribution in [1.29, 1.82) is 0 Å². The normalized spacial score (nSPS) is 18.3. The minimum absolute atomic E-state index is 0.0545. The number of unbranched alkanes of at least 4 members (excludes halogenated alkanes) is 33. The van der Waals surface area contributed by atoms with Crippen molar-refractivity contribution in [2.75, 3.05) is 13.2 Å². The molecule has 0 bridgehead atoms. The average molecular weight is 1060 g/mol. The van der Waals surface area contributed by atoms with E-state index in [1.165, 1.54) is 135 Å². The first-order valence-corrected chi connectivity index (χ1v) is 31.0. The molecule has 12 heteroatoms. The maximum atomic E-state index is 13.1. The van der Waals surface area contributed by atoms with Gasteiger partial charge in [-0.1, -0.05) is 231 Å². The molecule has 1 fully saturated rings. The molecule has 6 unspecified atom stereocenters. The number of carboxylic acids is 1. The van der Waals surface area contributed by atoms with E-state index in [9.17, 15) is 34.5 Å². The minimum Gasteiger partial charge on any atom is -0.479 e. The number of carbonyl (C=O) groups excluding carboxylic acids is 3. The second kappa shape index (κ2) is 51.7. The molecule has 436 valence electrons. The van der Waals surface area contributed by atoms with E-state index in [2.05, 4.69) is 57.2 Å². The zero-order valence-corrected chi connectivity index (χ0v) is 48.1. The number of ether oxygens (including phenoxy) is 5. The molecule has 0 saturated carbocycles. The van der Waals surface area contributed by atoms with Crippen LogP contribution in [0.15, 0.2) is 36.5 Å². The third kappa shape index (κ3) is 41.7. The summed E-state index contributed by atoms with van der Waals surface area (Å²) in [6.45, 7) is 5.96. The van der Waals surface area contributed by atoms with E-state index >= 15 is 0 Å². The average Bonchev–Trinajstić information content (AvgIpc) is 3.39. The first kappa shape index (κ1) is 70.0. The predicted octanol–water partition coefficient (Wildman–Crippen LogP) is 16.0. The fourth-order valence-corrected chi connectivity index (χ4v) is 9.39. The Morgan fingerprint density at radius 3 is 1.24 bits per heavy atom. The van der Waals surface area contributed by atoms with Crippen LogP contribution in [0.3, 0.4) is 0 Å². The monoisotopic (exact) mass is 1060 g/mol. The van der Waals surface area contributed by atoms with Crippen molar-refractivity contribution in [3.8, 4) is 0 Å². The fraction of sp³-hybridized carbons (Fsp3) is 0.841. The molecule has 75 heavy (non-hydrogen) atoms. The molecular weight excluding hydrogens is 949 g/mol. The van der Waals surface area contributed by atoms with Crippen molar-refractivity contribution >= 4 is 23.9 Å². The summed E-state index contributed by atoms with van der Waals surface area (Å²) < 4.78 is 28.4. The molecule has 12 nitrogen and oxygen atoms in total. The summed E-state index contributed by atoms with van der Waals surface area (Å²) in [6, 6.07) is 0. The number of esters is 3. The van der Waals surface area contributed by atoms with Crippen molar-refractivity contribution in [3.05, 3.63) is 36.5 Å². The van der Waals surface area contributed by atoms with Crippen molar-refractivity contribution in [3.63, 3.8) is 0 Å². The van der Waals surface area contributed by atoms with E-state index in [-0.39, 0.29) is 25.9 Å². The quantitative estimate of drug-likeness (QED) is 0.0228. The van der Waals surface area contributed by atoms with Crippen molar-refractivity contribution in [2.24, 2.45) is 0 Å². The summed E-state index contributed by atoms with van der Waals surface area (Å²) in [6.07, 6.45) is 48.3. The zero-order chi connectivity index (χ0) is 54.7. The van der Waals surface area contributed by atoms with Gasteiger partial charge in [0.1, 0.15) is 18.8 Å². The van der Waals surface area contributed by atoms with Gasteiger partial charge in [-0.3, -0.25) is 14.4 Å². The third-order valence-corrected chi connectivity index (χ3v) is 14.2. The lowest BCUT2D eigenvalue weighted by molar-refractivity contribution is -0.301. The second-order valence-electron chi connectivity index (χ2n) is 21.3. The van der Waals surface area contributed by atoms with Crippen LogP contribution in [-0.4, -0.2) is 89.2 Å². The molecule has 1 aliphatic rings. The molecule has 1 aliphatic heterocycles. The Labute approximate surface area is 457 Å². The van der Waals surface area contributed by atoms with E-state index in [4.69, 9.17) is 23.7 Å². The first-order chi connectivity index (χ1) is 36.6. The number of rotatable bonds is 53. The standard InChI is InChI=1S/C63H112O12/c1-4-7-10-13-16-19-21-23-25-27-28-30-31-33-35-38-40-43-46-49-55(64)71-52-54(73-56(65)50-47-44-41-37-18-15-12-9-6-3)53-72-63-61(59(68)58(67)60(75-63)62(69)70)74-57(66)51-48-45-42-39-36-34-32-29-26-24-22-20-17-14-11-8-5-2/h17,20,23-26,54,58-61,63,67-68H,4-16,18-19,21-22,27-53H2,1-3H3,(H,69,70)/b20-17-,25-23-,26-24-. The molecule has 0 aliphatic carbocycles. The molecule has 0 aromatic rings. The number of carbonyl (C=O) groups is 4. The highest BCUT2D eigenvalue weighted by Gasteiger charge is 2.50. The topological polar surface area (TPSA) is 175 Å². The Morgan fingerprint density at radius 1 is 0.440 bits per heavy atom. The smallest absolute Gasteiger partial charge is 0.335 e. The SMILES string of the molecule is CCCCC/C=C\C/C=C\CCCCCCCCCC(=O)OC1C(OCC(COC(=O)CCCCCCCCCCC/C=C\CCCCCCCC)OC(=O)CCCCCCCCCCC)OC(C(=O)O)C(O)C1O. The molecule has 0 aromatic carbocycles. The van der Waals surface area contributed by atoms with Gasteiger partial charge in [0.25, 0.3) is 0 Å². The van der Waals surface area contributed by atoms with Gasteiger partial charge in [-0.05, 0) is 77.0 Å². The highest BCUT2D eigenvalue weighted by molar-refractivity contribution is 5.74. The molecule has 3 N–H and O–H groups in total. The highest BCUT2D eigenvalue weighted by Crippen LogP contribution is 2.27. The Kier molecular flexibility index (Phi) is 48.2. The zero-order valence-electron chi connectivity index (χ0n) is 48.1. The summed E-state index contributed by atoms with van der Waals surface area (Å²) in [5.74, 6) is -3.11. The summed E-state index contributed by atoms with van der Waals surface area (Å²) in [5, 5.41) is 31.5. The van der Waals surface area contributed by atoms with Crippen molar-refractivity contribution in [2.45, 2.75) is 327 Å². The molecule has 1 saturated heterocycles. The van der Waals surface area contributed by atoms with Crippen LogP contribution in [0.5, 0.6) is 0 Å². The molecule has 6 atom stereocenters. The molecule has 1 rings (SSSR count). The Hall–Kier alpha value is -3.06. The van der Waals surface area contributed by atoms with Crippen LogP contribution in [0.25, 0.3) is 0 Å². The Bertz CT molecular complexity index is 1450. The van der Waals surface area contributed by atoms with Crippen molar-refractivity contribution in [1.82, 2.24) is 0 Å². The largest absolute Gasteiger partial charge is 0.479 e. The van der Waals surface area contributed by atoms with Crippen LogP contribution in [0.2, 0.25) is 0 Å². The second-order valence-corrected chi connectivity index (χ2v) is 21.3. The van der Waals surface area contributed by atoms with Gasteiger partial charge >= 0.3 is 23.9 Å². The first-order valence-electron chi connectivity index (χ1n) is 31.0. The van der Waals surface area contributed by atoms with Gasteiger partial charge in [-0.25, -0.2) is 4.79 Å². The molecule has 0 radical (unpaired) electrons. The molecule has 0 spiro atoms. The summed E-state index contributed by atoms with van der Waals surface area (Å²) >= 11 is 0. The Balaban J connectivity index is 2.60. The summed E-state index contributed by atoms with van der Waals surface area (Å²) in [5.41, 5.74) is 0. The number of carboxylic acid groups (broad SMARTS) is 1. The molecule has 1 heterocycles. The fourth-order valence-electron chi connectivity index (χ4n) is 9.39. The van der Waals surface area contributed by atoms with Crippen LogP contribution >= 0.6 is 0 Å². The van der Waals surface area contributed by atoms with E-state index in [0.29, 0.717) is 19.3 Å². The number of hydrogen-bond donors (Lipinski definition) is 3. The van der Waals surface area contributed by atoms with E-state index < -0.39 is 67.3 Å². The van der Waals surface area contributed by atoms with Crippen LogP contribution in [0.4, 0.5) is 0 Å². The van der Waals surface area contributed by atoms with Crippen LogP contribution in [0.1, 0.15) is 290 Å². The van der Waals surface area contributed by atoms with Gasteiger partial charge in [0.15, 0.2) is 24.6 Å². The highest BCUT2D eigenvalue weighted by atomic mass is 16.7. The summed E-state index contributed by atoms with van der Waals surface area (Å²) in [7, 11) is 0. The van der Waals surface area contributed by atoms with Gasteiger partial charge in [-0.15, -0.1) is 0 Å². The lowest BCUT2D eigenvalue weighted by Gasteiger charge is -2.40. The predicted molar refractivity (Wildman–Crippen MR) is 303 cm³/mol. The maximum absolute atomic E-state index is 13.1. The van der Waals surface area contributed by atoms with Gasteiger partial charge in [0.2, 0.25) is 0 Å². The number of aliphatic carboxylic acids is 1. The van der Waals surface area contributed by atoms with Crippen molar-refractivity contribution < 1.29 is 58.2 Å². The number of hydrogen-bond acceptors (Lipinski definition) is 11. The number of aliphatic hydroxyl groups is 2. The molecular formula is C63H112O12. The minimum atomic E-state index is -1.90.